The molecule has 0 amide bonds. The average Bonchev–Trinajstić information content (AvgIpc) is 2.71. The summed E-state index contributed by atoms with van der Waals surface area (Å²) in [6.45, 7) is 1.94. The molecule has 1 N–H and O–H groups in total. The number of benzene rings is 1. The Balaban J connectivity index is 2.11. The summed E-state index contributed by atoms with van der Waals surface area (Å²) in [5, 5.41) is 3.25. The Morgan fingerprint density at radius 1 is 1.38 bits per heavy atom. The molecule has 1 saturated carbocycles. The van der Waals surface area contributed by atoms with Crippen molar-refractivity contribution in [1.29, 1.82) is 0 Å². The molecule has 0 aliphatic heterocycles. The van der Waals surface area contributed by atoms with Crippen molar-refractivity contribution in [3.05, 3.63) is 29.6 Å². The van der Waals surface area contributed by atoms with Crippen LogP contribution in [0.4, 0.5) is 4.39 Å². The molecular formula is C13H18FNO. The van der Waals surface area contributed by atoms with E-state index >= 15 is 0 Å². The number of halogens is 1. The third-order valence-corrected chi connectivity index (χ3v) is 3.25. The predicted molar refractivity (Wildman–Crippen MR) is 62.3 cm³/mol. The summed E-state index contributed by atoms with van der Waals surface area (Å²) in [7, 11) is 1.95. The maximum absolute atomic E-state index is 13.1. The highest BCUT2D eigenvalue weighted by molar-refractivity contribution is 5.33. The van der Waals surface area contributed by atoms with Gasteiger partial charge in [-0.3, -0.25) is 0 Å². The fraction of sp³-hybridized carbons (Fsp3) is 0.538. The Labute approximate surface area is 95.8 Å². The van der Waals surface area contributed by atoms with Crippen molar-refractivity contribution in [2.75, 3.05) is 7.05 Å². The minimum atomic E-state index is -0.236. The van der Waals surface area contributed by atoms with Gasteiger partial charge in [-0.05, 0) is 44.9 Å². The molecule has 0 spiro atoms. The highest BCUT2D eigenvalue weighted by atomic mass is 19.1. The molecule has 3 heteroatoms. The first-order valence-corrected chi connectivity index (χ1v) is 5.81. The Hall–Kier alpha value is -1.09. The van der Waals surface area contributed by atoms with E-state index in [1.54, 1.807) is 6.07 Å². The lowest BCUT2D eigenvalue weighted by atomic mass is 10.2. The second-order valence-electron chi connectivity index (χ2n) is 4.39. The van der Waals surface area contributed by atoms with Crippen molar-refractivity contribution in [3.8, 4) is 5.75 Å². The van der Waals surface area contributed by atoms with Crippen molar-refractivity contribution in [2.24, 2.45) is 0 Å². The van der Waals surface area contributed by atoms with Gasteiger partial charge < -0.3 is 10.1 Å². The zero-order chi connectivity index (χ0) is 11.5. The van der Waals surface area contributed by atoms with Gasteiger partial charge in [0.25, 0.3) is 0 Å². The normalized spacial score (nSPS) is 24.7. The minimum absolute atomic E-state index is 0.172. The molecule has 1 aromatic carbocycles. The number of rotatable bonds is 3. The topological polar surface area (TPSA) is 21.3 Å². The number of nitrogens with one attached hydrogen (secondary N) is 1. The summed E-state index contributed by atoms with van der Waals surface area (Å²) in [6, 6.07) is 5.09. The zero-order valence-electron chi connectivity index (χ0n) is 9.79. The van der Waals surface area contributed by atoms with Crippen LogP contribution in [-0.2, 0) is 0 Å². The molecule has 1 aromatic rings. The highest BCUT2D eigenvalue weighted by Crippen LogP contribution is 2.27. The molecule has 88 valence electrons. The molecule has 0 heterocycles. The van der Waals surface area contributed by atoms with Crippen LogP contribution < -0.4 is 10.1 Å². The van der Waals surface area contributed by atoms with Gasteiger partial charge in [-0.15, -0.1) is 0 Å². The van der Waals surface area contributed by atoms with E-state index in [2.05, 4.69) is 5.32 Å². The fourth-order valence-electron chi connectivity index (χ4n) is 2.26. The highest BCUT2D eigenvalue weighted by Gasteiger charge is 2.27. The van der Waals surface area contributed by atoms with Crippen molar-refractivity contribution in [2.45, 2.75) is 38.3 Å². The van der Waals surface area contributed by atoms with Crippen molar-refractivity contribution >= 4 is 0 Å². The molecule has 2 unspecified atom stereocenters. The molecule has 2 atom stereocenters. The van der Waals surface area contributed by atoms with E-state index < -0.39 is 0 Å². The van der Waals surface area contributed by atoms with E-state index in [0.717, 1.165) is 18.4 Å². The van der Waals surface area contributed by atoms with E-state index in [1.807, 2.05) is 14.0 Å². The molecule has 1 aliphatic rings. The third-order valence-electron chi connectivity index (χ3n) is 3.25. The van der Waals surface area contributed by atoms with E-state index in [9.17, 15) is 4.39 Å². The Morgan fingerprint density at radius 3 is 2.94 bits per heavy atom. The van der Waals surface area contributed by atoms with Gasteiger partial charge in [-0.2, -0.15) is 0 Å². The second kappa shape index (κ2) is 4.83. The lowest BCUT2D eigenvalue weighted by Gasteiger charge is -2.21. The first kappa shape index (κ1) is 11.4. The maximum Gasteiger partial charge on any atom is 0.126 e. The minimum Gasteiger partial charge on any atom is -0.488 e. The SMILES string of the molecule is CNC1CCCC1Oc1cc(F)ccc1C. The average molecular weight is 223 g/mol. The van der Waals surface area contributed by atoms with E-state index in [1.165, 1.54) is 18.6 Å². The van der Waals surface area contributed by atoms with Crippen LogP contribution in [0.15, 0.2) is 18.2 Å². The Bertz CT molecular complexity index is 367. The Morgan fingerprint density at radius 2 is 2.19 bits per heavy atom. The molecule has 0 bridgehead atoms. The van der Waals surface area contributed by atoms with E-state index in [0.29, 0.717) is 11.8 Å². The van der Waals surface area contributed by atoms with Gasteiger partial charge in [-0.1, -0.05) is 6.07 Å². The summed E-state index contributed by atoms with van der Waals surface area (Å²) in [4.78, 5) is 0. The molecule has 16 heavy (non-hydrogen) atoms. The van der Waals surface area contributed by atoms with Gasteiger partial charge in [-0.25, -0.2) is 4.39 Å². The number of hydrogen-bond acceptors (Lipinski definition) is 2. The summed E-state index contributed by atoms with van der Waals surface area (Å²) in [5.41, 5.74) is 0.989. The third kappa shape index (κ3) is 2.35. The van der Waals surface area contributed by atoms with Crippen LogP contribution >= 0.6 is 0 Å². The van der Waals surface area contributed by atoms with E-state index in [-0.39, 0.29) is 11.9 Å². The number of ether oxygens (including phenoxy) is 1. The Kier molecular flexibility index (Phi) is 3.44. The molecule has 1 aliphatic carbocycles. The molecular weight excluding hydrogens is 205 g/mol. The van der Waals surface area contributed by atoms with Gasteiger partial charge in [0.1, 0.15) is 17.7 Å². The second-order valence-corrected chi connectivity index (χ2v) is 4.39. The summed E-state index contributed by atoms with van der Waals surface area (Å²) in [6.07, 6.45) is 3.52. The van der Waals surface area contributed by atoms with Gasteiger partial charge in [0.15, 0.2) is 0 Å². The maximum atomic E-state index is 13.1. The molecule has 1 fully saturated rings. The number of likely N-dealkylation sites (N-methyl/N-ethyl adjacent to an activating group) is 1. The quantitative estimate of drug-likeness (QED) is 0.850. The van der Waals surface area contributed by atoms with Crippen LogP contribution in [-0.4, -0.2) is 19.2 Å². The zero-order valence-corrected chi connectivity index (χ0v) is 9.79. The molecule has 2 rings (SSSR count). The van der Waals surface area contributed by atoms with Crippen LogP contribution in [0.2, 0.25) is 0 Å². The summed E-state index contributed by atoms with van der Waals surface area (Å²) >= 11 is 0. The largest absolute Gasteiger partial charge is 0.488 e. The first-order chi connectivity index (χ1) is 7.70. The molecule has 2 nitrogen and oxygen atoms in total. The molecule has 0 aromatic heterocycles. The summed E-state index contributed by atoms with van der Waals surface area (Å²) < 4.78 is 19.0. The van der Waals surface area contributed by atoms with Crippen molar-refractivity contribution in [1.82, 2.24) is 5.32 Å². The van der Waals surface area contributed by atoms with Gasteiger partial charge in [0.2, 0.25) is 0 Å². The number of hydrogen-bond donors (Lipinski definition) is 1. The fourth-order valence-corrected chi connectivity index (χ4v) is 2.26. The monoisotopic (exact) mass is 223 g/mol. The summed E-state index contributed by atoms with van der Waals surface area (Å²) in [5.74, 6) is 0.437. The molecule has 0 radical (unpaired) electrons. The van der Waals surface area contributed by atoms with Gasteiger partial charge in [0, 0.05) is 12.1 Å². The lowest BCUT2D eigenvalue weighted by molar-refractivity contribution is 0.177. The number of aryl methyl sites for hydroxylation is 1. The smallest absolute Gasteiger partial charge is 0.126 e. The van der Waals surface area contributed by atoms with E-state index in [4.69, 9.17) is 4.74 Å². The standard InChI is InChI=1S/C13H18FNO/c1-9-6-7-10(14)8-13(9)16-12-5-3-4-11(12)15-2/h6-8,11-12,15H,3-5H2,1-2H3. The van der Waals surface area contributed by atoms with Crippen LogP contribution in [0.3, 0.4) is 0 Å². The van der Waals surface area contributed by atoms with Crippen LogP contribution in [0.5, 0.6) is 5.75 Å². The predicted octanol–water partition coefficient (Wildman–Crippen LogP) is 2.65. The molecule has 0 saturated heterocycles. The van der Waals surface area contributed by atoms with Crippen molar-refractivity contribution < 1.29 is 9.13 Å². The van der Waals surface area contributed by atoms with Crippen LogP contribution in [0.25, 0.3) is 0 Å². The van der Waals surface area contributed by atoms with Crippen LogP contribution in [0.1, 0.15) is 24.8 Å². The van der Waals surface area contributed by atoms with Crippen LogP contribution in [0, 0.1) is 12.7 Å². The van der Waals surface area contributed by atoms with Crippen molar-refractivity contribution in [3.63, 3.8) is 0 Å². The lowest BCUT2D eigenvalue weighted by Crippen LogP contribution is -2.36. The van der Waals surface area contributed by atoms with Gasteiger partial charge in [0.05, 0.1) is 0 Å². The van der Waals surface area contributed by atoms with Gasteiger partial charge >= 0.3 is 0 Å². The first-order valence-electron chi connectivity index (χ1n) is 5.81.